The van der Waals surface area contributed by atoms with Crippen LogP contribution in [0.3, 0.4) is 0 Å². The molecule has 7 heteroatoms. The molecule has 0 aliphatic carbocycles. The van der Waals surface area contributed by atoms with Crippen molar-refractivity contribution in [2.24, 2.45) is 0 Å². The van der Waals surface area contributed by atoms with Gasteiger partial charge in [-0.15, -0.1) is 0 Å². The minimum atomic E-state index is -0.631. The number of allylic oxidation sites excluding steroid dienone is 1. The molecular formula is C26H22O7. The molecule has 4 rings (SSSR count). The van der Waals surface area contributed by atoms with Crippen molar-refractivity contribution >= 4 is 17.8 Å². The van der Waals surface area contributed by atoms with Crippen molar-refractivity contribution in [3.8, 4) is 28.7 Å². The van der Waals surface area contributed by atoms with Crippen LogP contribution in [-0.2, 0) is 0 Å². The van der Waals surface area contributed by atoms with Crippen LogP contribution in [0.25, 0.3) is 6.08 Å². The summed E-state index contributed by atoms with van der Waals surface area (Å²) in [5, 5.41) is 0. The second-order valence-corrected chi connectivity index (χ2v) is 7.31. The zero-order valence-electron chi connectivity index (χ0n) is 18.6. The fraction of sp³-hybridized carbons (Fsp3) is 0.154. The van der Waals surface area contributed by atoms with Gasteiger partial charge in [0.25, 0.3) is 0 Å². The first-order valence-corrected chi connectivity index (χ1v) is 10.1. The molecule has 0 saturated heterocycles. The maximum absolute atomic E-state index is 12.8. The zero-order valence-corrected chi connectivity index (χ0v) is 18.6. The maximum atomic E-state index is 12.8. The molecule has 0 fully saturated rings. The molecule has 0 radical (unpaired) electrons. The molecule has 1 aliphatic heterocycles. The van der Waals surface area contributed by atoms with E-state index in [4.69, 9.17) is 23.7 Å². The highest BCUT2D eigenvalue weighted by atomic mass is 16.5. The third-order valence-electron chi connectivity index (χ3n) is 5.13. The van der Waals surface area contributed by atoms with Crippen molar-refractivity contribution in [2.45, 2.75) is 6.92 Å². The van der Waals surface area contributed by atoms with E-state index in [0.717, 1.165) is 11.1 Å². The molecule has 1 heterocycles. The third kappa shape index (κ3) is 4.39. The Hall–Kier alpha value is -4.26. The molecule has 0 saturated carbocycles. The van der Waals surface area contributed by atoms with Gasteiger partial charge < -0.3 is 23.7 Å². The van der Waals surface area contributed by atoms with Crippen molar-refractivity contribution in [3.05, 3.63) is 82.6 Å². The first-order valence-electron chi connectivity index (χ1n) is 10.1. The first kappa shape index (κ1) is 22.0. The number of hydrogen-bond acceptors (Lipinski definition) is 7. The second kappa shape index (κ2) is 9.08. The molecule has 1 aliphatic rings. The van der Waals surface area contributed by atoms with Gasteiger partial charge in [-0.1, -0.05) is 29.8 Å². The lowest BCUT2D eigenvalue weighted by molar-refractivity contribution is 0.0733. The van der Waals surface area contributed by atoms with Crippen molar-refractivity contribution in [2.75, 3.05) is 21.3 Å². The largest absolute Gasteiger partial charge is 0.493 e. The molecule has 0 amide bonds. The monoisotopic (exact) mass is 446 g/mol. The van der Waals surface area contributed by atoms with E-state index < -0.39 is 5.97 Å². The Bertz CT molecular complexity index is 1230. The quantitative estimate of drug-likeness (QED) is 0.304. The smallest absolute Gasteiger partial charge is 0.343 e. The number of rotatable bonds is 6. The van der Waals surface area contributed by atoms with E-state index >= 15 is 0 Å². The van der Waals surface area contributed by atoms with Gasteiger partial charge in [-0.2, -0.15) is 0 Å². The summed E-state index contributed by atoms with van der Waals surface area (Å²) in [6, 6.07) is 15.4. The van der Waals surface area contributed by atoms with Gasteiger partial charge >= 0.3 is 5.97 Å². The lowest BCUT2D eigenvalue weighted by Gasteiger charge is -2.13. The SMILES string of the molecule is COc1cc(C(=O)Oc2ccc3c(c2)O/C(=C\c2ccc(C)cc2)C3=O)cc(OC)c1OC. The highest BCUT2D eigenvalue weighted by Crippen LogP contribution is 2.39. The summed E-state index contributed by atoms with van der Waals surface area (Å²) in [7, 11) is 4.40. The molecule has 0 atom stereocenters. The van der Waals surface area contributed by atoms with Crippen LogP contribution in [0.1, 0.15) is 31.8 Å². The Morgan fingerprint density at radius 3 is 2.15 bits per heavy atom. The number of ether oxygens (including phenoxy) is 5. The van der Waals surface area contributed by atoms with Gasteiger partial charge in [0.15, 0.2) is 17.3 Å². The summed E-state index contributed by atoms with van der Waals surface area (Å²) >= 11 is 0. The number of Topliss-reactive ketones (excluding diaryl/α,β-unsaturated/α-hetero) is 1. The van der Waals surface area contributed by atoms with E-state index in [0.29, 0.717) is 28.6 Å². The van der Waals surface area contributed by atoms with Gasteiger partial charge in [0.2, 0.25) is 11.5 Å². The highest BCUT2D eigenvalue weighted by molar-refractivity contribution is 6.14. The summed E-state index contributed by atoms with van der Waals surface area (Å²) in [6.45, 7) is 1.99. The number of aryl methyl sites for hydroxylation is 1. The zero-order chi connectivity index (χ0) is 23.5. The average molecular weight is 446 g/mol. The van der Waals surface area contributed by atoms with Crippen LogP contribution in [0.2, 0.25) is 0 Å². The minimum Gasteiger partial charge on any atom is -0.493 e. The number of carbonyl (C=O) groups is 2. The Kier molecular flexibility index (Phi) is 6.04. The van der Waals surface area contributed by atoms with Crippen LogP contribution in [-0.4, -0.2) is 33.1 Å². The second-order valence-electron chi connectivity index (χ2n) is 7.31. The number of ketones is 1. The van der Waals surface area contributed by atoms with E-state index in [1.54, 1.807) is 18.2 Å². The number of hydrogen-bond donors (Lipinski definition) is 0. The lowest BCUT2D eigenvalue weighted by Crippen LogP contribution is -2.09. The van der Waals surface area contributed by atoms with Gasteiger partial charge in [-0.05, 0) is 42.8 Å². The lowest BCUT2D eigenvalue weighted by atomic mass is 10.1. The predicted molar refractivity (Wildman–Crippen MR) is 122 cm³/mol. The molecule has 33 heavy (non-hydrogen) atoms. The van der Waals surface area contributed by atoms with Crippen molar-refractivity contribution in [1.29, 1.82) is 0 Å². The highest BCUT2D eigenvalue weighted by Gasteiger charge is 2.28. The van der Waals surface area contributed by atoms with Crippen molar-refractivity contribution in [1.82, 2.24) is 0 Å². The predicted octanol–water partition coefficient (Wildman–Crippen LogP) is 4.86. The number of fused-ring (bicyclic) bond motifs is 1. The van der Waals surface area contributed by atoms with E-state index in [2.05, 4.69) is 0 Å². The topological polar surface area (TPSA) is 80.3 Å². The van der Waals surface area contributed by atoms with E-state index in [1.807, 2.05) is 31.2 Å². The summed E-state index contributed by atoms with van der Waals surface area (Å²) in [5.41, 5.74) is 2.59. The Morgan fingerprint density at radius 1 is 0.879 bits per heavy atom. The van der Waals surface area contributed by atoms with Gasteiger partial charge in [0.05, 0.1) is 32.5 Å². The average Bonchev–Trinajstić information content (AvgIpc) is 3.13. The summed E-state index contributed by atoms with van der Waals surface area (Å²) in [6.07, 6.45) is 1.68. The number of carbonyl (C=O) groups excluding carboxylic acids is 2. The van der Waals surface area contributed by atoms with Gasteiger partial charge in [0.1, 0.15) is 11.5 Å². The number of methoxy groups -OCH3 is 3. The summed E-state index contributed by atoms with van der Waals surface area (Å²) in [5.74, 6) is 0.943. The van der Waals surface area contributed by atoms with E-state index in [9.17, 15) is 9.59 Å². The fourth-order valence-corrected chi connectivity index (χ4v) is 3.41. The molecule has 3 aromatic carbocycles. The molecule has 0 spiro atoms. The molecule has 168 valence electrons. The number of esters is 1. The maximum Gasteiger partial charge on any atom is 0.343 e. The molecule has 0 unspecified atom stereocenters. The van der Waals surface area contributed by atoms with Crippen LogP contribution in [0.4, 0.5) is 0 Å². The van der Waals surface area contributed by atoms with Crippen LogP contribution >= 0.6 is 0 Å². The molecule has 0 bridgehead atoms. The molecule has 7 nitrogen and oxygen atoms in total. The van der Waals surface area contributed by atoms with Gasteiger partial charge in [-0.3, -0.25) is 4.79 Å². The van der Waals surface area contributed by atoms with Crippen LogP contribution in [0.5, 0.6) is 28.7 Å². The van der Waals surface area contributed by atoms with Crippen LogP contribution in [0, 0.1) is 6.92 Å². The Labute approximate surface area is 191 Å². The Morgan fingerprint density at radius 2 is 1.55 bits per heavy atom. The standard InChI is InChI=1S/C26H22O7/c1-15-5-7-16(8-6-15)11-21-24(27)19-10-9-18(14-20(19)33-21)32-26(28)17-12-22(29-2)25(31-4)23(13-17)30-3/h5-14H,1-4H3/b21-11-. The number of benzene rings is 3. The van der Waals surface area contributed by atoms with Crippen molar-refractivity contribution in [3.63, 3.8) is 0 Å². The minimum absolute atomic E-state index is 0.210. The normalized spacial score (nSPS) is 13.3. The Balaban J connectivity index is 1.56. The summed E-state index contributed by atoms with van der Waals surface area (Å²) in [4.78, 5) is 25.4. The van der Waals surface area contributed by atoms with E-state index in [1.165, 1.54) is 39.5 Å². The van der Waals surface area contributed by atoms with Crippen LogP contribution in [0.15, 0.2) is 60.4 Å². The molecular weight excluding hydrogens is 424 g/mol. The first-order chi connectivity index (χ1) is 15.9. The van der Waals surface area contributed by atoms with Gasteiger partial charge in [-0.25, -0.2) is 4.79 Å². The van der Waals surface area contributed by atoms with Crippen molar-refractivity contribution < 1.29 is 33.3 Å². The molecule has 0 aromatic heterocycles. The molecule has 3 aromatic rings. The summed E-state index contributed by atoms with van der Waals surface area (Å²) < 4.78 is 27.1. The van der Waals surface area contributed by atoms with Gasteiger partial charge in [0, 0.05) is 6.07 Å². The fourth-order valence-electron chi connectivity index (χ4n) is 3.41. The molecule has 0 N–H and O–H groups in total. The third-order valence-corrected chi connectivity index (χ3v) is 5.13. The van der Waals surface area contributed by atoms with Crippen LogP contribution < -0.4 is 23.7 Å². The van der Waals surface area contributed by atoms with E-state index in [-0.39, 0.29) is 22.9 Å².